The standard InChI is InChI=1S/C14H18BrN3OS/c1-2-6-14(7-3-8-16-9-14)13-17-12(18-19-13)10-4-5-11(15)20-10/h4-5,16H,2-3,6-9H2,1H3. The van der Waals surface area contributed by atoms with Crippen LogP contribution in [0.2, 0.25) is 0 Å². The molecule has 1 fully saturated rings. The highest BCUT2D eigenvalue weighted by atomic mass is 79.9. The molecule has 0 saturated carbocycles. The molecule has 0 radical (unpaired) electrons. The smallest absolute Gasteiger partial charge is 0.234 e. The molecule has 3 rings (SSSR count). The lowest BCUT2D eigenvalue weighted by atomic mass is 9.77. The number of hydrogen-bond donors (Lipinski definition) is 1. The third-order valence-electron chi connectivity index (χ3n) is 3.87. The van der Waals surface area contributed by atoms with Gasteiger partial charge in [-0.15, -0.1) is 11.3 Å². The van der Waals surface area contributed by atoms with E-state index in [1.54, 1.807) is 11.3 Å². The molecule has 1 aliphatic heterocycles. The van der Waals surface area contributed by atoms with Gasteiger partial charge in [-0.25, -0.2) is 0 Å². The molecule has 0 bridgehead atoms. The van der Waals surface area contributed by atoms with Crippen LogP contribution in [0.3, 0.4) is 0 Å². The molecule has 1 aliphatic rings. The number of thiophene rings is 1. The quantitative estimate of drug-likeness (QED) is 0.900. The molecule has 0 aromatic carbocycles. The minimum atomic E-state index is 0.0206. The Balaban J connectivity index is 1.90. The summed E-state index contributed by atoms with van der Waals surface area (Å²) < 4.78 is 6.70. The van der Waals surface area contributed by atoms with Gasteiger partial charge in [0.25, 0.3) is 0 Å². The van der Waals surface area contributed by atoms with E-state index in [2.05, 4.69) is 38.3 Å². The summed E-state index contributed by atoms with van der Waals surface area (Å²) in [4.78, 5) is 5.72. The molecule has 2 aromatic rings. The van der Waals surface area contributed by atoms with Gasteiger partial charge in [-0.2, -0.15) is 4.98 Å². The number of rotatable bonds is 4. The second kappa shape index (κ2) is 5.95. The van der Waals surface area contributed by atoms with Gasteiger partial charge in [0, 0.05) is 6.54 Å². The zero-order valence-electron chi connectivity index (χ0n) is 11.5. The summed E-state index contributed by atoms with van der Waals surface area (Å²) in [5.74, 6) is 1.50. The highest BCUT2D eigenvalue weighted by Gasteiger charge is 2.38. The van der Waals surface area contributed by atoms with Crippen LogP contribution in [0.1, 0.15) is 38.5 Å². The summed E-state index contributed by atoms with van der Waals surface area (Å²) in [7, 11) is 0. The topological polar surface area (TPSA) is 51.0 Å². The predicted octanol–water partition coefficient (Wildman–Crippen LogP) is 3.98. The molecule has 4 nitrogen and oxygen atoms in total. The Morgan fingerprint density at radius 1 is 1.50 bits per heavy atom. The van der Waals surface area contributed by atoms with E-state index in [1.165, 1.54) is 6.42 Å². The molecule has 0 amide bonds. The molecular formula is C14H18BrN3OS. The molecule has 0 spiro atoms. The Morgan fingerprint density at radius 3 is 3.05 bits per heavy atom. The summed E-state index contributed by atoms with van der Waals surface area (Å²) in [6, 6.07) is 4.04. The lowest BCUT2D eigenvalue weighted by Gasteiger charge is -2.34. The molecule has 108 valence electrons. The third kappa shape index (κ3) is 2.69. The van der Waals surface area contributed by atoms with Crippen molar-refractivity contribution in [2.45, 2.75) is 38.0 Å². The van der Waals surface area contributed by atoms with Crippen LogP contribution in [-0.2, 0) is 5.41 Å². The maximum Gasteiger partial charge on any atom is 0.234 e. The first-order valence-electron chi connectivity index (χ1n) is 7.04. The van der Waals surface area contributed by atoms with E-state index in [9.17, 15) is 0 Å². The first kappa shape index (κ1) is 14.2. The minimum Gasteiger partial charge on any atom is -0.338 e. The van der Waals surface area contributed by atoms with Crippen LogP contribution in [-0.4, -0.2) is 23.2 Å². The number of piperidine rings is 1. The van der Waals surface area contributed by atoms with E-state index >= 15 is 0 Å². The summed E-state index contributed by atoms with van der Waals surface area (Å²) >= 11 is 5.10. The second-order valence-corrected chi connectivity index (χ2v) is 7.80. The van der Waals surface area contributed by atoms with Crippen molar-refractivity contribution in [2.75, 3.05) is 13.1 Å². The van der Waals surface area contributed by atoms with Gasteiger partial charge in [-0.1, -0.05) is 18.5 Å². The maximum absolute atomic E-state index is 5.61. The molecule has 0 aliphatic carbocycles. The Morgan fingerprint density at radius 2 is 2.40 bits per heavy atom. The first-order valence-corrected chi connectivity index (χ1v) is 8.65. The molecule has 2 aromatic heterocycles. The fourth-order valence-electron chi connectivity index (χ4n) is 2.92. The van der Waals surface area contributed by atoms with Gasteiger partial charge in [-0.3, -0.25) is 0 Å². The Kier molecular flexibility index (Phi) is 4.23. The zero-order valence-corrected chi connectivity index (χ0v) is 13.9. The molecular weight excluding hydrogens is 338 g/mol. The van der Waals surface area contributed by atoms with Crippen molar-refractivity contribution in [1.29, 1.82) is 0 Å². The van der Waals surface area contributed by atoms with Crippen LogP contribution in [0.4, 0.5) is 0 Å². The molecule has 1 unspecified atom stereocenters. The van der Waals surface area contributed by atoms with E-state index < -0.39 is 0 Å². The van der Waals surface area contributed by atoms with Crippen molar-refractivity contribution < 1.29 is 4.52 Å². The highest BCUT2D eigenvalue weighted by molar-refractivity contribution is 9.11. The van der Waals surface area contributed by atoms with Crippen LogP contribution in [0.5, 0.6) is 0 Å². The summed E-state index contributed by atoms with van der Waals surface area (Å²) in [6.45, 7) is 4.24. The number of aromatic nitrogens is 2. The van der Waals surface area contributed by atoms with E-state index in [4.69, 9.17) is 4.52 Å². The van der Waals surface area contributed by atoms with Crippen LogP contribution < -0.4 is 5.32 Å². The second-order valence-electron chi connectivity index (χ2n) is 5.34. The third-order valence-corrected chi connectivity index (χ3v) is 5.49. The normalized spacial score (nSPS) is 23.1. The van der Waals surface area contributed by atoms with Gasteiger partial charge in [0.15, 0.2) is 0 Å². The van der Waals surface area contributed by atoms with Crippen molar-refractivity contribution in [3.8, 4) is 10.7 Å². The summed E-state index contributed by atoms with van der Waals surface area (Å²) in [6.07, 6.45) is 4.52. The van der Waals surface area contributed by atoms with Crippen molar-refractivity contribution in [2.24, 2.45) is 0 Å². The molecule has 1 atom stereocenters. The van der Waals surface area contributed by atoms with E-state index in [-0.39, 0.29) is 5.41 Å². The minimum absolute atomic E-state index is 0.0206. The predicted molar refractivity (Wildman–Crippen MR) is 84.0 cm³/mol. The number of nitrogens with zero attached hydrogens (tertiary/aromatic N) is 2. The van der Waals surface area contributed by atoms with Crippen molar-refractivity contribution in [3.63, 3.8) is 0 Å². The van der Waals surface area contributed by atoms with E-state index in [0.717, 1.165) is 46.9 Å². The van der Waals surface area contributed by atoms with Crippen LogP contribution in [0.25, 0.3) is 10.7 Å². The highest BCUT2D eigenvalue weighted by Crippen LogP contribution is 2.36. The van der Waals surface area contributed by atoms with Crippen molar-refractivity contribution in [1.82, 2.24) is 15.5 Å². The Bertz CT molecular complexity index is 569. The average molecular weight is 356 g/mol. The van der Waals surface area contributed by atoms with Gasteiger partial charge in [0.05, 0.1) is 14.1 Å². The van der Waals surface area contributed by atoms with Gasteiger partial charge in [-0.05, 0) is 53.9 Å². The summed E-state index contributed by atoms with van der Waals surface area (Å²) in [5, 5.41) is 7.66. The SMILES string of the molecule is CCCC1(c2nc(-c3ccc(Br)s3)no2)CCCNC1. The van der Waals surface area contributed by atoms with Crippen LogP contribution in [0, 0.1) is 0 Å². The lowest BCUT2D eigenvalue weighted by Crippen LogP contribution is -2.43. The Labute approximate surface area is 131 Å². The largest absolute Gasteiger partial charge is 0.338 e. The van der Waals surface area contributed by atoms with Gasteiger partial charge >= 0.3 is 0 Å². The lowest BCUT2D eigenvalue weighted by molar-refractivity contribution is 0.213. The van der Waals surface area contributed by atoms with E-state index in [0.29, 0.717) is 5.82 Å². The molecule has 6 heteroatoms. The summed E-state index contributed by atoms with van der Waals surface area (Å²) in [5.41, 5.74) is 0.0206. The maximum atomic E-state index is 5.61. The number of halogens is 1. The molecule has 20 heavy (non-hydrogen) atoms. The van der Waals surface area contributed by atoms with Gasteiger partial charge in [0.1, 0.15) is 0 Å². The first-order chi connectivity index (χ1) is 9.73. The average Bonchev–Trinajstić information content (AvgIpc) is 3.09. The van der Waals surface area contributed by atoms with Crippen molar-refractivity contribution >= 4 is 27.3 Å². The zero-order chi connectivity index (χ0) is 14.0. The van der Waals surface area contributed by atoms with Crippen LogP contribution in [0.15, 0.2) is 20.4 Å². The van der Waals surface area contributed by atoms with Gasteiger partial charge in [0.2, 0.25) is 11.7 Å². The van der Waals surface area contributed by atoms with E-state index in [1.807, 2.05) is 12.1 Å². The molecule has 1 saturated heterocycles. The fourth-order valence-corrected chi connectivity index (χ4v) is 4.23. The number of nitrogens with one attached hydrogen (secondary N) is 1. The Hall–Kier alpha value is -0.720. The monoisotopic (exact) mass is 355 g/mol. The molecule has 3 heterocycles. The fraction of sp³-hybridized carbons (Fsp3) is 0.571. The number of hydrogen-bond acceptors (Lipinski definition) is 5. The van der Waals surface area contributed by atoms with Crippen molar-refractivity contribution in [3.05, 3.63) is 21.8 Å². The molecule has 1 N–H and O–H groups in total. The van der Waals surface area contributed by atoms with Gasteiger partial charge < -0.3 is 9.84 Å². The van der Waals surface area contributed by atoms with Crippen LogP contribution >= 0.6 is 27.3 Å².